The highest BCUT2D eigenvalue weighted by atomic mass is 35.5. The molecule has 2 rings (SSSR count). The second-order valence-electron chi connectivity index (χ2n) is 4.70. The third-order valence-electron chi connectivity index (χ3n) is 3.70. The van der Waals surface area contributed by atoms with Crippen LogP contribution >= 0.6 is 23.2 Å². The van der Waals surface area contributed by atoms with Crippen LogP contribution in [0.2, 0.25) is 10.0 Å². The molecule has 3 atom stereocenters. The molecule has 18 heavy (non-hydrogen) atoms. The molecule has 0 aromatic heterocycles. The molecule has 1 saturated heterocycles. The lowest BCUT2D eigenvalue weighted by Crippen LogP contribution is -2.30. The van der Waals surface area contributed by atoms with Crippen molar-refractivity contribution in [2.75, 3.05) is 13.7 Å². The molecule has 1 fully saturated rings. The number of nitrogens with one attached hydrogen (secondary N) is 1. The lowest BCUT2D eigenvalue weighted by Gasteiger charge is -2.28. The molecule has 0 radical (unpaired) electrons. The summed E-state index contributed by atoms with van der Waals surface area (Å²) in [4.78, 5) is 0. The van der Waals surface area contributed by atoms with Gasteiger partial charge in [-0.1, -0.05) is 30.1 Å². The predicted molar refractivity (Wildman–Crippen MR) is 76.4 cm³/mol. The Morgan fingerprint density at radius 3 is 2.89 bits per heavy atom. The zero-order chi connectivity index (χ0) is 13.1. The van der Waals surface area contributed by atoms with E-state index in [4.69, 9.17) is 27.9 Å². The Hall–Kier alpha value is -0.280. The molecule has 0 saturated carbocycles. The van der Waals surface area contributed by atoms with Crippen molar-refractivity contribution in [3.05, 3.63) is 33.8 Å². The average Bonchev–Trinajstić information content (AvgIpc) is 2.83. The molecule has 2 nitrogen and oxygen atoms in total. The molecule has 4 heteroatoms. The summed E-state index contributed by atoms with van der Waals surface area (Å²) in [7, 11) is 1.97. The maximum Gasteiger partial charge on any atom is 0.0619 e. The summed E-state index contributed by atoms with van der Waals surface area (Å²) in [6, 6.07) is 5.84. The number of halogens is 2. The highest BCUT2D eigenvalue weighted by molar-refractivity contribution is 6.33. The van der Waals surface area contributed by atoms with Gasteiger partial charge in [0, 0.05) is 28.6 Å². The van der Waals surface area contributed by atoms with Crippen LogP contribution in [-0.4, -0.2) is 19.8 Å². The molecule has 1 N–H and O–H groups in total. The number of ether oxygens (including phenoxy) is 1. The van der Waals surface area contributed by atoms with Crippen LogP contribution in [0, 0.1) is 5.92 Å². The van der Waals surface area contributed by atoms with Crippen LogP contribution in [0.1, 0.15) is 31.4 Å². The Morgan fingerprint density at radius 2 is 2.22 bits per heavy atom. The topological polar surface area (TPSA) is 21.3 Å². The van der Waals surface area contributed by atoms with Gasteiger partial charge in [-0.15, -0.1) is 0 Å². The summed E-state index contributed by atoms with van der Waals surface area (Å²) in [6.07, 6.45) is 2.39. The maximum absolute atomic E-state index is 6.30. The third-order valence-corrected chi connectivity index (χ3v) is 4.27. The van der Waals surface area contributed by atoms with E-state index in [-0.39, 0.29) is 6.04 Å². The summed E-state index contributed by atoms with van der Waals surface area (Å²) < 4.78 is 5.77. The Morgan fingerprint density at radius 1 is 1.44 bits per heavy atom. The van der Waals surface area contributed by atoms with E-state index in [1.54, 1.807) is 0 Å². The molecule has 1 aromatic carbocycles. The Balaban J connectivity index is 2.30. The quantitative estimate of drug-likeness (QED) is 0.901. The molecule has 0 bridgehead atoms. The van der Waals surface area contributed by atoms with Crippen LogP contribution in [0.5, 0.6) is 0 Å². The van der Waals surface area contributed by atoms with Crippen molar-refractivity contribution < 1.29 is 4.74 Å². The number of hydrogen-bond donors (Lipinski definition) is 1. The van der Waals surface area contributed by atoms with Gasteiger partial charge in [-0.05, 0) is 43.7 Å². The van der Waals surface area contributed by atoms with Crippen LogP contribution in [0.25, 0.3) is 0 Å². The average molecular weight is 288 g/mol. The summed E-state index contributed by atoms with van der Waals surface area (Å²) in [6.45, 7) is 2.99. The van der Waals surface area contributed by atoms with Crippen molar-refractivity contribution in [2.45, 2.75) is 31.9 Å². The first-order valence-corrected chi connectivity index (χ1v) is 7.16. The fourth-order valence-corrected chi connectivity index (χ4v) is 3.24. The normalized spacial score (nSPS) is 25.3. The van der Waals surface area contributed by atoms with Gasteiger partial charge in [-0.2, -0.15) is 0 Å². The van der Waals surface area contributed by atoms with Gasteiger partial charge in [0.2, 0.25) is 0 Å². The first kappa shape index (κ1) is 14.1. The van der Waals surface area contributed by atoms with Gasteiger partial charge in [0.1, 0.15) is 0 Å². The van der Waals surface area contributed by atoms with Crippen LogP contribution in [0.3, 0.4) is 0 Å². The van der Waals surface area contributed by atoms with Crippen molar-refractivity contribution in [2.24, 2.45) is 5.92 Å². The molecule has 1 aromatic rings. The second-order valence-corrected chi connectivity index (χ2v) is 5.55. The van der Waals surface area contributed by atoms with Crippen LogP contribution < -0.4 is 5.32 Å². The van der Waals surface area contributed by atoms with Gasteiger partial charge >= 0.3 is 0 Å². The molecular formula is C14H19Cl2NO. The fraction of sp³-hybridized carbons (Fsp3) is 0.571. The van der Waals surface area contributed by atoms with E-state index in [9.17, 15) is 0 Å². The molecule has 0 aliphatic carbocycles. The molecule has 3 unspecified atom stereocenters. The first-order valence-electron chi connectivity index (χ1n) is 6.41. The largest absolute Gasteiger partial charge is 0.378 e. The Bertz CT molecular complexity index is 411. The van der Waals surface area contributed by atoms with E-state index in [1.165, 1.54) is 0 Å². The monoisotopic (exact) mass is 287 g/mol. The summed E-state index contributed by atoms with van der Waals surface area (Å²) in [5.41, 5.74) is 1.07. The Kier molecular flexibility index (Phi) is 4.91. The van der Waals surface area contributed by atoms with Crippen molar-refractivity contribution in [1.82, 2.24) is 5.32 Å². The maximum atomic E-state index is 6.30. The zero-order valence-electron chi connectivity index (χ0n) is 10.7. The number of benzene rings is 1. The van der Waals surface area contributed by atoms with E-state index in [0.29, 0.717) is 12.0 Å². The zero-order valence-corrected chi connectivity index (χ0v) is 12.3. The van der Waals surface area contributed by atoms with E-state index < -0.39 is 0 Å². The summed E-state index contributed by atoms with van der Waals surface area (Å²) in [5, 5.41) is 4.86. The van der Waals surface area contributed by atoms with Crippen molar-refractivity contribution in [3.8, 4) is 0 Å². The van der Waals surface area contributed by atoms with Crippen molar-refractivity contribution in [3.63, 3.8) is 0 Å². The van der Waals surface area contributed by atoms with Gasteiger partial charge in [0.25, 0.3) is 0 Å². The molecule has 0 amide bonds. The van der Waals surface area contributed by atoms with Gasteiger partial charge in [0.05, 0.1) is 6.10 Å². The minimum Gasteiger partial charge on any atom is -0.378 e. The van der Waals surface area contributed by atoms with E-state index in [1.807, 2.05) is 25.2 Å². The van der Waals surface area contributed by atoms with Gasteiger partial charge < -0.3 is 10.1 Å². The standard InChI is InChI=1S/C14H19Cl2NO/c1-3-13-10(6-7-18-13)14(17-2)11-8-9(15)4-5-12(11)16/h4-5,8,10,13-14,17H,3,6-7H2,1-2H3. The van der Waals surface area contributed by atoms with Crippen molar-refractivity contribution in [1.29, 1.82) is 0 Å². The summed E-state index contributed by atoms with van der Waals surface area (Å²) in [5.74, 6) is 0.455. The van der Waals surface area contributed by atoms with Crippen LogP contribution in [0.15, 0.2) is 18.2 Å². The Labute approximate surface area is 119 Å². The van der Waals surface area contributed by atoms with Crippen molar-refractivity contribution >= 4 is 23.2 Å². The van der Waals surface area contributed by atoms with Gasteiger partial charge in [0.15, 0.2) is 0 Å². The highest BCUT2D eigenvalue weighted by Crippen LogP contribution is 2.38. The SMILES string of the molecule is CCC1OCCC1C(NC)c1cc(Cl)ccc1Cl. The smallest absolute Gasteiger partial charge is 0.0619 e. The first-order chi connectivity index (χ1) is 8.67. The lowest BCUT2D eigenvalue weighted by atomic mass is 9.87. The van der Waals surface area contributed by atoms with E-state index in [2.05, 4.69) is 12.2 Å². The minimum atomic E-state index is 0.198. The molecule has 1 heterocycles. The fourth-order valence-electron chi connectivity index (χ4n) is 2.82. The van der Waals surface area contributed by atoms with Gasteiger partial charge in [-0.3, -0.25) is 0 Å². The van der Waals surface area contributed by atoms with E-state index >= 15 is 0 Å². The van der Waals surface area contributed by atoms with Crippen LogP contribution in [0.4, 0.5) is 0 Å². The third kappa shape index (κ3) is 2.83. The predicted octanol–water partition coefficient (Wildman–Crippen LogP) is 4.07. The van der Waals surface area contributed by atoms with Crippen LogP contribution in [-0.2, 0) is 4.74 Å². The summed E-state index contributed by atoms with van der Waals surface area (Å²) >= 11 is 12.4. The lowest BCUT2D eigenvalue weighted by molar-refractivity contribution is 0.0782. The minimum absolute atomic E-state index is 0.198. The number of rotatable bonds is 4. The van der Waals surface area contributed by atoms with Gasteiger partial charge in [-0.25, -0.2) is 0 Å². The molecule has 100 valence electrons. The number of hydrogen-bond acceptors (Lipinski definition) is 2. The highest BCUT2D eigenvalue weighted by Gasteiger charge is 2.34. The molecular weight excluding hydrogens is 269 g/mol. The molecule has 1 aliphatic heterocycles. The molecule has 0 spiro atoms. The van der Waals surface area contributed by atoms with E-state index in [0.717, 1.165) is 35.1 Å². The molecule has 1 aliphatic rings. The second kappa shape index (κ2) is 6.25.